The number of nitriles is 3. The number of hydrogen-bond donors (Lipinski definition) is 1. The van der Waals surface area contributed by atoms with E-state index < -0.39 is 0 Å². The van der Waals surface area contributed by atoms with Crippen LogP contribution in [0.1, 0.15) is 124 Å². The predicted octanol–water partition coefficient (Wildman–Crippen LogP) is 9.03. The van der Waals surface area contributed by atoms with Crippen LogP contribution in [0.15, 0.2) is 37.0 Å². The quantitative estimate of drug-likeness (QED) is 0.0927. The molecule has 0 bridgehead atoms. The zero-order valence-electron chi connectivity index (χ0n) is 30.4. The fraction of sp³-hybridized carbons (Fsp3) is 0.756. The molecule has 0 saturated heterocycles. The molecule has 0 radical (unpaired) electrons. The molecule has 4 aliphatic carbocycles. The van der Waals surface area contributed by atoms with Crippen LogP contribution in [-0.4, -0.2) is 30.8 Å². The van der Waals surface area contributed by atoms with Crippen LogP contribution in [0.5, 0.6) is 0 Å². The smallest absolute Gasteiger partial charge is 0.220 e. The van der Waals surface area contributed by atoms with Crippen molar-refractivity contribution in [3.63, 3.8) is 0 Å². The van der Waals surface area contributed by atoms with Crippen LogP contribution in [0.25, 0.3) is 0 Å². The molecule has 11 atom stereocenters. The maximum atomic E-state index is 12.9. The summed E-state index contributed by atoms with van der Waals surface area (Å²) in [4.78, 5) is 12.9. The monoisotopic (exact) mass is 672 g/mol. The van der Waals surface area contributed by atoms with Crippen LogP contribution >= 0.6 is 0 Å². The highest BCUT2D eigenvalue weighted by Crippen LogP contribution is 2.69. The Morgan fingerprint density at radius 2 is 1.53 bits per heavy atom. The van der Waals surface area contributed by atoms with Crippen LogP contribution in [0.4, 0.5) is 0 Å². The molecule has 0 aromatic rings. The molecule has 0 heterocycles. The minimum absolute atomic E-state index is 0.0252. The Morgan fingerprint density at radius 3 is 2.24 bits per heavy atom. The van der Waals surface area contributed by atoms with Crippen LogP contribution < -0.4 is 5.32 Å². The summed E-state index contributed by atoms with van der Waals surface area (Å²) in [6.07, 6.45) is 24.4. The molecule has 1 amide bonds. The first-order valence-electron chi connectivity index (χ1n) is 19.1. The van der Waals surface area contributed by atoms with Crippen LogP contribution in [0.2, 0.25) is 0 Å². The Hall–Kier alpha value is -3.44. The van der Waals surface area contributed by atoms with Crippen molar-refractivity contribution in [2.75, 3.05) is 6.54 Å². The third-order valence-corrected chi connectivity index (χ3v) is 13.3. The van der Waals surface area contributed by atoms with Crippen LogP contribution in [-0.2, 0) is 19.0 Å². The third kappa shape index (κ3) is 9.03. The van der Waals surface area contributed by atoms with E-state index in [4.69, 9.17) is 19.5 Å². The van der Waals surface area contributed by atoms with Gasteiger partial charge in [0.15, 0.2) is 0 Å². The predicted molar refractivity (Wildman–Crippen MR) is 190 cm³/mol. The van der Waals surface area contributed by atoms with Crippen LogP contribution in [0, 0.1) is 80.3 Å². The summed E-state index contributed by atoms with van der Waals surface area (Å²) in [7, 11) is 0. The molecule has 0 aromatic heterocycles. The SMILES string of the molecule is CCCCCCCCNC(=O)CC[C@@H](C)[C@H]1CC[C@H]2C3[C@H](OC=CC#N)CC4C[C@H](OC=CC#N)CC[C@]4(C)[C@H]3C[C@H](OC=CC#N)[C@]12C. The first-order chi connectivity index (χ1) is 23.7. The number of rotatable bonds is 17. The second-order valence-electron chi connectivity index (χ2n) is 15.8. The molecule has 4 fully saturated rings. The second-order valence-corrected chi connectivity index (χ2v) is 15.8. The first-order valence-corrected chi connectivity index (χ1v) is 19.1. The molecular weight excluding hydrogens is 612 g/mol. The Labute approximate surface area is 295 Å². The summed E-state index contributed by atoms with van der Waals surface area (Å²) in [6, 6.07) is 6.22. The number of nitrogens with one attached hydrogen (secondary N) is 1. The Kier molecular flexibility index (Phi) is 14.5. The van der Waals surface area contributed by atoms with Gasteiger partial charge in [-0.25, -0.2) is 0 Å². The van der Waals surface area contributed by atoms with E-state index >= 15 is 0 Å². The van der Waals surface area contributed by atoms with E-state index in [-0.39, 0.29) is 35.0 Å². The molecule has 1 N–H and O–H groups in total. The van der Waals surface area contributed by atoms with Crippen LogP contribution in [0.3, 0.4) is 0 Å². The van der Waals surface area contributed by atoms with Gasteiger partial charge in [0.1, 0.15) is 12.2 Å². The molecule has 268 valence electrons. The number of fused-ring (bicyclic) bond motifs is 5. The van der Waals surface area contributed by atoms with Crippen molar-refractivity contribution >= 4 is 5.91 Å². The number of nitrogens with zero attached hydrogens (tertiary/aromatic N) is 3. The molecule has 8 nitrogen and oxygen atoms in total. The number of hydrogen-bond acceptors (Lipinski definition) is 7. The highest BCUT2D eigenvalue weighted by atomic mass is 16.5. The molecule has 4 saturated carbocycles. The van der Waals surface area contributed by atoms with E-state index in [1.54, 1.807) is 12.5 Å². The lowest BCUT2D eigenvalue weighted by Gasteiger charge is -2.64. The summed E-state index contributed by atoms with van der Waals surface area (Å²) < 4.78 is 19.1. The summed E-state index contributed by atoms with van der Waals surface area (Å²) in [5, 5.41) is 30.7. The van der Waals surface area contributed by atoms with Gasteiger partial charge in [-0.15, -0.1) is 0 Å². The standard InChI is InChI=1S/C41H60N4O4/c1-5-6-7-8-9-10-23-45-38(46)17-14-30(2)33-15-16-34-39-35(29-37(41(33,34)4)49-26-13-22-44)40(3)19-18-32(47-24-11-20-42)27-31(40)28-36(39)48-25-12-21-43/h11-13,24-26,30-37,39H,5-10,14-19,23,27-29H2,1-4H3,(H,45,46)/t30-,31?,32-,33-,34+,35+,36-,37+,39?,40+,41-/m1/s1. The van der Waals surface area contributed by atoms with Crippen molar-refractivity contribution in [3.8, 4) is 18.2 Å². The lowest BCUT2D eigenvalue weighted by atomic mass is 9.43. The number of carbonyl (C=O) groups excluding carboxylic acids is 1. The van der Waals surface area contributed by atoms with Gasteiger partial charge in [0, 0.05) is 24.3 Å². The maximum Gasteiger partial charge on any atom is 0.220 e. The molecule has 0 aliphatic heterocycles. The fourth-order valence-electron chi connectivity index (χ4n) is 10.8. The van der Waals surface area contributed by atoms with E-state index in [2.05, 4.69) is 45.2 Å². The molecule has 8 heteroatoms. The van der Waals surface area contributed by atoms with E-state index in [0.29, 0.717) is 41.9 Å². The minimum atomic E-state index is -0.151. The van der Waals surface area contributed by atoms with E-state index in [9.17, 15) is 15.3 Å². The zero-order chi connectivity index (χ0) is 35.3. The summed E-state index contributed by atoms with van der Waals surface area (Å²) in [6.45, 7) is 10.2. The Morgan fingerprint density at radius 1 is 0.857 bits per heavy atom. The topological polar surface area (TPSA) is 128 Å². The molecule has 0 aromatic carbocycles. The number of amides is 1. The fourth-order valence-corrected chi connectivity index (χ4v) is 10.8. The lowest BCUT2D eigenvalue weighted by molar-refractivity contribution is -0.209. The number of allylic oxidation sites excluding steroid dienone is 3. The largest absolute Gasteiger partial charge is 0.497 e. The van der Waals surface area contributed by atoms with Crippen molar-refractivity contribution in [2.24, 2.45) is 46.3 Å². The normalized spacial score (nSPS) is 35.8. The van der Waals surface area contributed by atoms with Gasteiger partial charge >= 0.3 is 0 Å². The maximum absolute atomic E-state index is 12.9. The van der Waals surface area contributed by atoms with Gasteiger partial charge < -0.3 is 19.5 Å². The number of unbranched alkanes of at least 4 members (excludes halogenated alkanes) is 5. The summed E-state index contributed by atoms with van der Waals surface area (Å²) >= 11 is 0. The molecule has 49 heavy (non-hydrogen) atoms. The summed E-state index contributed by atoms with van der Waals surface area (Å²) in [5.41, 5.74) is -0.0799. The highest BCUT2D eigenvalue weighted by Gasteiger charge is 2.67. The Bertz CT molecular complexity index is 1290. The van der Waals surface area contributed by atoms with Crippen molar-refractivity contribution < 1.29 is 19.0 Å². The summed E-state index contributed by atoms with van der Waals surface area (Å²) in [5.74, 6) is 2.25. The van der Waals surface area contributed by atoms with E-state index in [0.717, 1.165) is 64.3 Å². The molecule has 4 aliphatic rings. The van der Waals surface area contributed by atoms with Gasteiger partial charge in [-0.1, -0.05) is 59.8 Å². The zero-order valence-corrected chi connectivity index (χ0v) is 30.4. The van der Waals surface area contributed by atoms with E-state index in [1.807, 2.05) is 6.07 Å². The van der Waals surface area contributed by atoms with Crippen molar-refractivity contribution in [3.05, 3.63) is 37.0 Å². The first kappa shape index (κ1) is 38.4. The Balaban J connectivity index is 1.52. The average Bonchev–Trinajstić information content (AvgIpc) is 3.45. The molecule has 4 rings (SSSR count). The van der Waals surface area contributed by atoms with Gasteiger partial charge in [-0.05, 0) is 92.8 Å². The van der Waals surface area contributed by atoms with Gasteiger partial charge in [-0.2, -0.15) is 15.8 Å². The van der Waals surface area contributed by atoms with Gasteiger partial charge in [-0.3, -0.25) is 4.79 Å². The second kappa shape index (κ2) is 18.5. The average molecular weight is 673 g/mol. The van der Waals surface area contributed by atoms with Crippen molar-refractivity contribution in [1.82, 2.24) is 5.32 Å². The van der Waals surface area contributed by atoms with Gasteiger partial charge in [0.25, 0.3) is 0 Å². The van der Waals surface area contributed by atoms with Crippen molar-refractivity contribution in [2.45, 2.75) is 142 Å². The number of carbonyl (C=O) groups is 1. The number of ether oxygens (including phenoxy) is 3. The van der Waals surface area contributed by atoms with Crippen molar-refractivity contribution in [1.29, 1.82) is 15.8 Å². The molecule has 0 spiro atoms. The van der Waals surface area contributed by atoms with Gasteiger partial charge in [0.2, 0.25) is 5.91 Å². The van der Waals surface area contributed by atoms with Gasteiger partial charge in [0.05, 0.1) is 61.3 Å². The molecular formula is C41H60N4O4. The molecule has 2 unspecified atom stereocenters. The lowest BCUT2D eigenvalue weighted by Crippen LogP contribution is -2.63. The minimum Gasteiger partial charge on any atom is -0.497 e. The van der Waals surface area contributed by atoms with E-state index in [1.165, 1.54) is 56.6 Å². The third-order valence-electron chi connectivity index (χ3n) is 13.3. The highest BCUT2D eigenvalue weighted by molar-refractivity contribution is 5.75.